The van der Waals surface area contributed by atoms with Gasteiger partial charge in [0.05, 0.1) is 19.9 Å². The summed E-state index contributed by atoms with van der Waals surface area (Å²) in [5.74, 6) is -3.45. The molecular weight excluding hydrogens is 358 g/mol. The molecule has 2 aromatic carbocycles. The molecule has 0 bridgehead atoms. The highest BCUT2D eigenvalue weighted by molar-refractivity contribution is 6.06. The maximum atomic E-state index is 13.7. The molecule has 3 aromatic rings. The Labute approximate surface area is 152 Å². The van der Waals surface area contributed by atoms with E-state index in [1.165, 1.54) is 4.68 Å². The van der Waals surface area contributed by atoms with Crippen molar-refractivity contribution in [3.8, 4) is 16.9 Å². The van der Waals surface area contributed by atoms with Crippen LogP contribution >= 0.6 is 0 Å². The summed E-state index contributed by atoms with van der Waals surface area (Å²) in [6, 6.07) is 11.2. The van der Waals surface area contributed by atoms with Gasteiger partial charge in [0.25, 0.3) is 0 Å². The summed E-state index contributed by atoms with van der Waals surface area (Å²) in [5, 5.41) is 4.25. The Balaban J connectivity index is 2.38. The van der Waals surface area contributed by atoms with Crippen LogP contribution < -0.4 is 0 Å². The van der Waals surface area contributed by atoms with E-state index in [1.807, 2.05) is 0 Å². The average Bonchev–Trinajstić information content (AvgIpc) is 3.07. The Hall–Kier alpha value is -3.55. The van der Waals surface area contributed by atoms with E-state index in [1.54, 1.807) is 30.3 Å². The van der Waals surface area contributed by atoms with Gasteiger partial charge in [0.2, 0.25) is 0 Å². The van der Waals surface area contributed by atoms with Gasteiger partial charge in [0.1, 0.15) is 22.9 Å². The number of esters is 2. The van der Waals surface area contributed by atoms with Crippen molar-refractivity contribution in [3.63, 3.8) is 0 Å². The quantitative estimate of drug-likeness (QED) is 0.657. The first-order valence-electron chi connectivity index (χ1n) is 7.77. The van der Waals surface area contributed by atoms with Gasteiger partial charge in [-0.2, -0.15) is 5.10 Å². The molecular formula is C19H14F2N2O4. The Bertz CT molecular complexity index is 996. The molecule has 0 amide bonds. The number of hydrogen-bond acceptors (Lipinski definition) is 5. The summed E-state index contributed by atoms with van der Waals surface area (Å²) >= 11 is 0. The number of carbonyl (C=O) groups excluding carboxylic acids is 2. The van der Waals surface area contributed by atoms with Crippen LogP contribution in [0.25, 0.3) is 16.9 Å². The molecule has 0 spiro atoms. The molecule has 0 aliphatic rings. The topological polar surface area (TPSA) is 70.4 Å². The van der Waals surface area contributed by atoms with Crippen molar-refractivity contribution in [1.82, 2.24) is 9.78 Å². The van der Waals surface area contributed by atoms with Crippen LogP contribution in [0.15, 0.2) is 48.5 Å². The fraction of sp³-hybridized carbons (Fsp3) is 0.105. The van der Waals surface area contributed by atoms with Gasteiger partial charge in [0.15, 0.2) is 5.69 Å². The van der Waals surface area contributed by atoms with Crippen LogP contribution in [-0.4, -0.2) is 35.9 Å². The summed E-state index contributed by atoms with van der Waals surface area (Å²) in [6.07, 6.45) is 0. The third-order valence-electron chi connectivity index (χ3n) is 3.79. The summed E-state index contributed by atoms with van der Waals surface area (Å²) in [4.78, 5) is 24.8. The molecule has 0 saturated heterocycles. The Morgan fingerprint density at radius 2 is 1.52 bits per heavy atom. The zero-order valence-corrected chi connectivity index (χ0v) is 14.4. The molecule has 0 unspecified atom stereocenters. The van der Waals surface area contributed by atoms with E-state index >= 15 is 0 Å². The van der Waals surface area contributed by atoms with Gasteiger partial charge >= 0.3 is 11.9 Å². The number of benzene rings is 2. The molecule has 27 heavy (non-hydrogen) atoms. The van der Waals surface area contributed by atoms with Crippen molar-refractivity contribution < 1.29 is 27.8 Å². The minimum atomic E-state index is -0.891. The minimum Gasteiger partial charge on any atom is -0.465 e. The summed E-state index contributed by atoms with van der Waals surface area (Å²) in [5.41, 5.74) is -0.142. The van der Waals surface area contributed by atoms with E-state index in [2.05, 4.69) is 5.10 Å². The lowest BCUT2D eigenvalue weighted by Gasteiger charge is -2.07. The van der Waals surface area contributed by atoms with Crippen LogP contribution in [0.1, 0.15) is 20.8 Å². The Morgan fingerprint density at radius 3 is 2.07 bits per heavy atom. The molecule has 1 heterocycles. The highest BCUT2D eigenvalue weighted by atomic mass is 19.1. The number of aromatic nitrogens is 2. The summed E-state index contributed by atoms with van der Waals surface area (Å²) in [6.45, 7) is 0. The number of halogens is 2. The molecule has 0 aliphatic carbocycles. The summed E-state index contributed by atoms with van der Waals surface area (Å²) in [7, 11) is 2.27. The standard InChI is InChI=1S/C19H14F2N2O4/c1-26-18(24)15-16(11-8-12(20)10-13(21)9-11)22-23(17(15)19(25)27-2)14-6-4-3-5-7-14/h3-10H,1-2H3. The zero-order chi connectivity index (χ0) is 19.6. The predicted octanol–water partition coefficient (Wildman–Crippen LogP) is 3.39. The smallest absolute Gasteiger partial charge is 0.357 e. The van der Waals surface area contributed by atoms with Gasteiger partial charge in [-0.05, 0) is 24.3 Å². The van der Waals surface area contributed by atoms with Gasteiger partial charge in [-0.3, -0.25) is 0 Å². The van der Waals surface area contributed by atoms with Crippen LogP contribution in [-0.2, 0) is 9.47 Å². The second kappa shape index (κ2) is 7.36. The second-order valence-corrected chi connectivity index (χ2v) is 5.46. The van der Waals surface area contributed by atoms with Crippen molar-refractivity contribution in [1.29, 1.82) is 0 Å². The largest absolute Gasteiger partial charge is 0.465 e. The summed E-state index contributed by atoms with van der Waals surface area (Å²) < 4.78 is 38.1. The first kappa shape index (κ1) is 18.2. The molecule has 0 saturated carbocycles. The number of ether oxygens (including phenoxy) is 2. The average molecular weight is 372 g/mol. The number of para-hydroxylation sites is 1. The molecule has 0 fully saturated rings. The maximum Gasteiger partial charge on any atom is 0.357 e. The number of nitrogens with zero attached hydrogens (tertiary/aromatic N) is 2. The van der Waals surface area contributed by atoms with Crippen molar-refractivity contribution in [2.24, 2.45) is 0 Å². The highest BCUT2D eigenvalue weighted by Gasteiger charge is 2.31. The second-order valence-electron chi connectivity index (χ2n) is 5.46. The van der Waals surface area contributed by atoms with Crippen LogP contribution in [0.5, 0.6) is 0 Å². The third-order valence-corrected chi connectivity index (χ3v) is 3.79. The SMILES string of the molecule is COC(=O)c1c(-c2cc(F)cc(F)c2)nn(-c2ccccc2)c1C(=O)OC. The molecule has 0 aliphatic heterocycles. The molecule has 6 nitrogen and oxygen atoms in total. The lowest BCUT2D eigenvalue weighted by molar-refractivity contribution is 0.0549. The first-order chi connectivity index (χ1) is 13.0. The fourth-order valence-corrected chi connectivity index (χ4v) is 2.65. The van der Waals surface area contributed by atoms with E-state index in [0.29, 0.717) is 11.8 Å². The Morgan fingerprint density at radius 1 is 0.926 bits per heavy atom. The number of carbonyl (C=O) groups is 2. The number of methoxy groups -OCH3 is 2. The van der Waals surface area contributed by atoms with E-state index in [4.69, 9.17) is 9.47 Å². The first-order valence-corrected chi connectivity index (χ1v) is 7.77. The third kappa shape index (κ3) is 3.41. The molecule has 1 aromatic heterocycles. The van der Waals surface area contributed by atoms with Crippen LogP contribution in [0.2, 0.25) is 0 Å². The van der Waals surface area contributed by atoms with E-state index in [9.17, 15) is 18.4 Å². The molecule has 0 N–H and O–H groups in total. The van der Waals surface area contributed by atoms with E-state index < -0.39 is 23.6 Å². The minimum absolute atomic E-state index is 0.0206. The van der Waals surface area contributed by atoms with Crippen molar-refractivity contribution in [2.75, 3.05) is 14.2 Å². The van der Waals surface area contributed by atoms with Crippen LogP contribution in [0, 0.1) is 11.6 Å². The highest BCUT2D eigenvalue weighted by Crippen LogP contribution is 2.30. The van der Waals surface area contributed by atoms with E-state index in [0.717, 1.165) is 26.4 Å². The van der Waals surface area contributed by atoms with E-state index in [-0.39, 0.29) is 22.5 Å². The van der Waals surface area contributed by atoms with Crippen LogP contribution in [0.4, 0.5) is 8.78 Å². The lowest BCUT2D eigenvalue weighted by atomic mass is 10.1. The van der Waals surface area contributed by atoms with Gasteiger partial charge in [-0.1, -0.05) is 18.2 Å². The van der Waals surface area contributed by atoms with Crippen molar-refractivity contribution >= 4 is 11.9 Å². The van der Waals surface area contributed by atoms with Gasteiger partial charge in [0, 0.05) is 11.6 Å². The van der Waals surface area contributed by atoms with Gasteiger partial charge in [-0.25, -0.2) is 23.1 Å². The molecule has 0 radical (unpaired) electrons. The van der Waals surface area contributed by atoms with Gasteiger partial charge < -0.3 is 9.47 Å². The normalized spacial score (nSPS) is 10.5. The molecule has 8 heteroatoms. The lowest BCUT2D eigenvalue weighted by Crippen LogP contribution is -2.15. The number of hydrogen-bond donors (Lipinski definition) is 0. The van der Waals surface area contributed by atoms with Crippen LogP contribution in [0.3, 0.4) is 0 Å². The molecule has 0 atom stereocenters. The molecule has 138 valence electrons. The van der Waals surface area contributed by atoms with Crippen molar-refractivity contribution in [3.05, 3.63) is 71.4 Å². The van der Waals surface area contributed by atoms with Gasteiger partial charge in [-0.15, -0.1) is 0 Å². The monoisotopic (exact) mass is 372 g/mol. The molecule has 3 rings (SSSR count). The predicted molar refractivity (Wildman–Crippen MR) is 91.6 cm³/mol. The Kier molecular flexibility index (Phi) is 4.98. The maximum absolute atomic E-state index is 13.7. The fourth-order valence-electron chi connectivity index (χ4n) is 2.65. The van der Waals surface area contributed by atoms with Crippen molar-refractivity contribution in [2.45, 2.75) is 0 Å². The zero-order valence-electron chi connectivity index (χ0n) is 14.4. The number of rotatable bonds is 4.